The summed E-state index contributed by atoms with van der Waals surface area (Å²) in [5, 5.41) is 5.93. The van der Waals surface area contributed by atoms with Gasteiger partial charge in [0.25, 0.3) is 5.91 Å². The number of aromatic nitrogens is 1. The Hall–Kier alpha value is -3.61. The summed E-state index contributed by atoms with van der Waals surface area (Å²) in [6.45, 7) is 0.848. The van der Waals surface area contributed by atoms with E-state index in [1.807, 2.05) is 24.3 Å². The summed E-state index contributed by atoms with van der Waals surface area (Å²) in [7, 11) is 0. The van der Waals surface area contributed by atoms with Crippen LogP contribution in [0.5, 0.6) is 11.5 Å². The van der Waals surface area contributed by atoms with E-state index in [0.29, 0.717) is 17.9 Å². The molecule has 0 spiro atoms. The van der Waals surface area contributed by atoms with E-state index >= 15 is 0 Å². The number of carbonyl (C=O) groups is 1. The number of nitrogens with one attached hydrogen (secondary N) is 2. The van der Waals surface area contributed by atoms with Gasteiger partial charge in [0.1, 0.15) is 11.6 Å². The topological polar surface area (TPSA) is 72.5 Å². The Bertz CT molecular complexity index is 959. The largest absolute Gasteiger partial charge is 0.454 e. The molecule has 6 nitrogen and oxygen atoms in total. The number of fused-ring (bicyclic) bond motifs is 1. The van der Waals surface area contributed by atoms with E-state index in [-0.39, 0.29) is 18.5 Å². The standard InChI is InChI=1S/C20H16FN3O3/c21-15-4-2-14(3-5-15)20(25)24-19-8-6-16(11-23-19)22-10-13-1-7-17-18(9-13)27-12-26-17/h1-9,11,22H,10,12H2,(H,23,24,25). The fourth-order valence-corrected chi connectivity index (χ4v) is 2.62. The molecule has 1 aliphatic heterocycles. The molecule has 0 bridgehead atoms. The number of nitrogens with zero attached hydrogens (tertiary/aromatic N) is 1. The molecule has 0 saturated heterocycles. The number of pyridine rings is 1. The van der Waals surface area contributed by atoms with Gasteiger partial charge in [0, 0.05) is 12.1 Å². The lowest BCUT2D eigenvalue weighted by atomic mass is 10.2. The number of ether oxygens (including phenoxy) is 2. The van der Waals surface area contributed by atoms with E-state index in [9.17, 15) is 9.18 Å². The Labute approximate surface area is 155 Å². The number of hydrogen-bond acceptors (Lipinski definition) is 5. The van der Waals surface area contributed by atoms with Crippen LogP contribution in [0.4, 0.5) is 15.9 Å². The van der Waals surface area contributed by atoms with Gasteiger partial charge in [0.2, 0.25) is 6.79 Å². The van der Waals surface area contributed by atoms with Gasteiger partial charge in [-0.2, -0.15) is 0 Å². The van der Waals surface area contributed by atoms with Gasteiger partial charge in [0.05, 0.1) is 11.9 Å². The molecule has 0 aliphatic carbocycles. The zero-order valence-corrected chi connectivity index (χ0v) is 14.2. The molecule has 1 aliphatic rings. The molecule has 4 rings (SSSR count). The fourth-order valence-electron chi connectivity index (χ4n) is 2.62. The van der Waals surface area contributed by atoms with Gasteiger partial charge in [-0.05, 0) is 54.1 Å². The Morgan fingerprint density at radius 1 is 1.04 bits per heavy atom. The highest BCUT2D eigenvalue weighted by molar-refractivity contribution is 6.03. The predicted molar refractivity (Wildman–Crippen MR) is 98.5 cm³/mol. The van der Waals surface area contributed by atoms with Crippen LogP contribution in [-0.2, 0) is 6.54 Å². The summed E-state index contributed by atoms with van der Waals surface area (Å²) < 4.78 is 23.6. The molecule has 0 fully saturated rings. The summed E-state index contributed by atoms with van der Waals surface area (Å²) in [6, 6.07) is 14.6. The molecule has 0 atom stereocenters. The Morgan fingerprint density at radius 3 is 2.63 bits per heavy atom. The van der Waals surface area contributed by atoms with Crippen molar-refractivity contribution in [2.45, 2.75) is 6.54 Å². The molecule has 0 radical (unpaired) electrons. The monoisotopic (exact) mass is 365 g/mol. The summed E-state index contributed by atoms with van der Waals surface area (Å²) in [5.74, 6) is 1.18. The van der Waals surface area contributed by atoms with E-state index in [1.165, 1.54) is 24.3 Å². The van der Waals surface area contributed by atoms with Crippen LogP contribution in [0, 0.1) is 5.82 Å². The van der Waals surface area contributed by atoms with Crippen LogP contribution in [-0.4, -0.2) is 17.7 Å². The van der Waals surface area contributed by atoms with E-state index in [4.69, 9.17) is 9.47 Å². The summed E-state index contributed by atoms with van der Waals surface area (Å²) in [4.78, 5) is 16.3. The van der Waals surface area contributed by atoms with Crippen LogP contribution in [0.2, 0.25) is 0 Å². The van der Waals surface area contributed by atoms with Crippen molar-refractivity contribution in [2.24, 2.45) is 0 Å². The van der Waals surface area contributed by atoms with Crippen molar-refractivity contribution in [2.75, 3.05) is 17.4 Å². The molecule has 1 amide bonds. The zero-order valence-electron chi connectivity index (χ0n) is 14.2. The van der Waals surface area contributed by atoms with Crippen LogP contribution in [0.15, 0.2) is 60.8 Å². The molecule has 0 unspecified atom stereocenters. The maximum absolute atomic E-state index is 12.9. The molecule has 1 aromatic heterocycles. The van der Waals surface area contributed by atoms with E-state index in [2.05, 4.69) is 15.6 Å². The Kier molecular flexibility index (Phi) is 4.57. The molecular formula is C20H16FN3O3. The Morgan fingerprint density at radius 2 is 1.85 bits per heavy atom. The number of halogens is 1. The lowest BCUT2D eigenvalue weighted by molar-refractivity contribution is 0.102. The molecule has 2 heterocycles. The van der Waals surface area contributed by atoms with Crippen molar-refractivity contribution in [3.63, 3.8) is 0 Å². The zero-order chi connectivity index (χ0) is 18.6. The molecule has 2 aromatic carbocycles. The minimum absolute atomic E-state index is 0.251. The SMILES string of the molecule is O=C(Nc1ccc(NCc2ccc3c(c2)OCO3)cn1)c1ccc(F)cc1. The normalized spacial score (nSPS) is 11.9. The van der Waals surface area contributed by atoms with Crippen molar-refractivity contribution >= 4 is 17.4 Å². The highest BCUT2D eigenvalue weighted by Gasteiger charge is 2.13. The highest BCUT2D eigenvalue weighted by Crippen LogP contribution is 2.32. The molecule has 136 valence electrons. The highest BCUT2D eigenvalue weighted by atomic mass is 19.1. The average molecular weight is 365 g/mol. The first kappa shape index (κ1) is 16.8. The van der Waals surface area contributed by atoms with Crippen molar-refractivity contribution in [1.82, 2.24) is 4.98 Å². The molecule has 7 heteroatoms. The van der Waals surface area contributed by atoms with Gasteiger partial charge in [0.15, 0.2) is 11.5 Å². The van der Waals surface area contributed by atoms with Crippen molar-refractivity contribution in [3.05, 3.63) is 77.7 Å². The maximum atomic E-state index is 12.9. The van der Waals surface area contributed by atoms with Gasteiger partial charge < -0.3 is 20.1 Å². The fraction of sp³-hybridized carbons (Fsp3) is 0.100. The summed E-state index contributed by atoms with van der Waals surface area (Å²) in [6.07, 6.45) is 1.63. The second-order valence-corrected chi connectivity index (χ2v) is 5.93. The van der Waals surface area contributed by atoms with Crippen LogP contribution < -0.4 is 20.1 Å². The van der Waals surface area contributed by atoms with E-state index < -0.39 is 0 Å². The number of hydrogen-bond donors (Lipinski definition) is 2. The number of carbonyl (C=O) groups excluding carboxylic acids is 1. The molecule has 3 aromatic rings. The lowest BCUT2D eigenvalue weighted by Gasteiger charge is -2.09. The third kappa shape index (κ3) is 3.98. The Balaban J connectivity index is 1.34. The number of rotatable bonds is 5. The van der Waals surface area contributed by atoms with Crippen molar-refractivity contribution in [3.8, 4) is 11.5 Å². The lowest BCUT2D eigenvalue weighted by Crippen LogP contribution is -2.13. The first-order valence-electron chi connectivity index (χ1n) is 8.33. The van der Waals surface area contributed by atoms with Gasteiger partial charge in [-0.1, -0.05) is 6.07 Å². The first-order chi connectivity index (χ1) is 13.2. The molecule has 0 saturated carbocycles. The van der Waals surface area contributed by atoms with Crippen LogP contribution in [0.1, 0.15) is 15.9 Å². The summed E-state index contributed by atoms with van der Waals surface area (Å²) >= 11 is 0. The quantitative estimate of drug-likeness (QED) is 0.719. The number of anilines is 2. The third-order valence-corrected chi connectivity index (χ3v) is 4.05. The van der Waals surface area contributed by atoms with Gasteiger partial charge in [-0.15, -0.1) is 0 Å². The number of amides is 1. The second kappa shape index (κ2) is 7.33. The van der Waals surface area contributed by atoms with Gasteiger partial charge in [-0.3, -0.25) is 4.79 Å². The minimum Gasteiger partial charge on any atom is -0.454 e. The van der Waals surface area contributed by atoms with E-state index in [1.54, 1.807) is 12.3 Å². The molecular weight excluding hydrogens is 349 g/mol. The maximum Gasteiger partial charge on any atom is 0.256 e. The van der Waals surface area contributed by atoms with Crippen LogP contribution in [0.25, 0.3) is 0 Å². The third-order valence-electron chi connectivity index (χ3n) is 4.05. The first-order valence-corrected chi connectivity index (χ1v) is 8.33. The van der Waals surface area contributed by atoms with Crippen molar-refractivity contribution < 1.29 is 18.7 Å². The minimum atomic E-state index is -0.387. The van der Waals surface area contributed by atoms with Crippen LogP contribution >= 0.6 is 0 Å². The average Bonchev–Trinajstić information content (AvgIpc) is 3.16. The summed E-state index contributed by atoms with van der Waals surface area (Å²) in [5.41, 5.74) is 2.23. The predicted octanol–water partition coefficient (Wildman–Crippen LogP) is 3.81. The van der Waals surface area contributed by atoms with Gasteiger partial charge in [-0.25, -0.2) is 9.37 Å². The second-order valence-electron chi connectivity index (χ2n) is 5.93. The van der Waals surface area contributed by atoms with Gasteiger partial charge >= 0.3 is 0 Å². The van der Waals surface area contributed by atoms with Crippen LogP contribution in [0.3, 0.4) is 0 Å². The molecule has 27 heavy (non-hydrogen) atoms. The molecule has 2 N–H and O–H groups in total. The number of benzene rings is 2. The van der Waals surface area contributed by atoms with Crippen molar-refractivity contribution in [1.29, 1.82) is 0 Å². The van der Waals surface area contributed by atoms with E-state index in [0.717, 1.165) is 22.7 Å². The smallest absolute Gasteiger partial charge is 0.256 e.